The summed E-state index contributed by atoms with van der Waals surface area (Å²) in [5, 5.41) is 9.76. The number of carbonyl (C=O) groups is 1. The standard InChI is InChI=1S/C15H19N3O8/c1-2-12(20)23-3-9(19)4-24-13-16-14(25-7-10-5-21-10)18-15(17-13)26-8-11-6-22-11/h2,9-11,19H,1,3-8H2. The lowest BCUT2D eigenvalue weighted by atomic mass is 10.4. The summed E-state index contributed by atoms with van der Waals surface area (Å²) in [7, 11) is 0. The van der Waals surface area contributed by atoms with E-state index in [0.717, 1.165) is 6.08 Å². The van der Waals surface area contributed by atoms with Crippen molar-refractivity contribution in [1.82, 2.24) is 15.0 Å². The molecule has 11 heteroatoms. The first kappa shape index (κ1) is 18.3. The van der Waals surface area contributed by atoms with E-state index in [1.54, 1.807) is 0 Å². The lowest BCUT2D eigenvalue weighted by Gasteiger charge is -2.12. The van der Waals surface area contributed by atoms with Gasteiger partial charge in [-0.1, -0.05) is 6.58 Å². The van der Waals surface area contributed by atoms with Crippen molar-refractivity contribution in [2.24, 2.45) is 0 Å². The van der Waals surface area contributed by atoms with Crippen LogP contribution < -0.4 is 14.2 Å². The largest absolute Gasteiger partial charge is 0.460 e. The first-order chi connectivity index (χ1) is 12.6. The zero-order chi connectivity index (χ0) is 18.4. The molecule has 3 unspecified atom stereocenters. The van der Waals surface area contributed by atoms with E-state index in [0.29, 0.717) is 26.4 Å². The molecule has 0 aliphatic carbocycles. The SMILES string of the molecule is C=CC(=O)OCC(O)COc1nc(OCC2CO2)nc(OCC2CO2)n1. The van der Waals surface area contributed by atoms with Crippen LogP contribution in [0.3, 0.4) is 0 Å². The number of aromatic nitrogens is 3. The summed E-state index contributed by atoms with van der Waals surface area (Å²) in [5.41, 5.74) is 0. The molecule has 1 N–H and O–H groups in total. The molecule has 142 valence electrons. The van der Waals surface area contributed by atoms with Crippen molar-refractivity contribution in [3.05, 3.63) is 12.7 Å². The zero-order valence-electron chi connectivity index (χ0n) is 13.9. The maximum Gasteiger partial charge on any atom is 0.330 e. The van der Waals surface area contributed by atoms with Crippen molar-refractivity contribution < 1.29 is 38.3 Å². The van der Waals surface area contributed by atoms with Gasteiger partial charge in [-0.15, -0.1) is 15.0 Å². The van der Waals surface area contributed by atoms with Crippen LogP contribution in [0.25, 0.3) is 0 Å². The maximum atomic E-state index is 11.0. The fraction of sp³-hybridized carbons (Fsp3) is 0.600. The minimum atomic E-state index is -1.07. The van der Waals surface area contributed by atoms with Crippen LogP contribution in [0.1, 0.15) is 0 Å². The topological polar surface area (TPSA) is 138 Å². The molecule has 2 fully saturated rings. The van der Waals surface area contributed by atoms with E-state index in [1.165, 1.54) is 0 Å². The summed E-state index contributed by atoms with van der Waals surface area (Å²) in [6, 6.07) is -0.0536. The highest BCUT2D eigenvalue weighted by atomic mass is 16.6. The van der Waals surface area contributed by atoms with E-state index < -0.39 is 12.1 Å². The maximum absolute atomic E-state index is 11.0. The highest BCUT2D eigenvalue weighted by Gasteiger charge is 2.26. The monoisotopic (exact) mass is 369 g/mol. The van der Waals surface area contributed by atoms with Gasteiger partial charge in [-0.25, -0.2) is 4.79 Å². The molecule has 1 aromatic rings. The van der Waals surface area contributed by atoms with Crippen LogP contribution >= 0.6 is 0 Å². The van der Waals surface area contributed by atoms with Crippen molar-refractivity contribution in [2.45, 2.75) is 18.3 Å². The van der Waals surface area contributed by atoms with Crippen molar-refractivity contribution in [3.63, 3.8) is 0 Å². The number of nitrogens with zero attached hydrogens (tertiary/aromatic N) is 3. The molecule has 0 amide bonds. The number of aliphatic hydroxyl groups is 1. The number of hydrogen-bond acceptors (Lipinski definition) is 11. The minimum absolute atomic E-state index is 0.0183. The van der Waals surface area contributed by atoms with Crippen LogP contribution in [0, 0.1) is 0 Å². The molecule has 0 bridgehead atoms. The van der Waals surface area contributed by atoms with E-state index in [1.807, 2.05) is 0 Å². The van der Waals surface area contributed by atoms with Gasteiger partial charge in [-0.2, -0.15) is 0 Å². The molecule has 26 heavy (non-hydrogen) atoms. The van der Waals surface area contributed by atoms with Crippen LogP contribution in [0.4, 0.5) is 0 Å². The Morgan fingerprint density at radius 1 is 1.08 bits per heavy atom. The summed E-state index contributed by atoms with van der Waals surface area (Å²) < 4.78 is 31.0. The Bertz CT molecular complexity index is 601. The second-order valence-corrected chi connectivity index (χ2v) is 5.51. The summed E-state index contributed by atoms with van der Waals surface area (Å²) in [6.07, 6.45) is -0.00690. The number of hydrogen-bond donors (Lipinski definition) is 1. The molecule has 0 aromatic carbocycles. The third-order valence-corrected chi connectivity index (χ3v) is 3.16. The van der Waals surface area contributed by atoms with Gasteiger partial charge in [0.1, 0.15) is 44.7 Å². The van der Waals surface area contributed by atoms with Crippen molar-refractivity contribution in [1.29, 1.82) is 0 Å². The van der Waals surface area contributed by atoms with Gasteiger partial charge in [-0.3, -0.25) is 0 Å². The van der Waals surface area contributed by atoms with Gasteiger partial charge < -0.3 is 33.5 Å². The highest BCUT2D eigenvalue weighted by molar-refractivity contribution is 5.81. The van der Waals surface area contributed by atoms with Gasteiger partial charge in [0.15, 0.2) is 0 Å². The predicted octanol–water partition coefficient (Wildman–Crippen LogP) is -1.10. The number of carbonyl (C=O) groups excluding carboxylic acids is 1. The molecule has 0 spiro atoms. The van der Waals surface area contributed by atoms with Gasteiger partial charge >= 0.3 is 24.0 Å². The normalized spacial score (nSPS) is 21.4. The first-order valence-electron chi connectivity index (χ1n) is 7.97. The van der Waals surface area contributed by atoms with Gasteiger partial charge in [0.2, 0.25) is 0 Å². The van der Waals surface area contributed by atoms with Crippen molar-refractivity contribution in [2.75, 3.05) is 39.6 Å². The fourth-order valence-electron chi connectivity index (χ4n) is 1.63. The van der Waals surface area contributed by atoms with E-state index in [-0.39, 0.29) is 43.5 Å². The molecular weight excluding hydrogens is 350 g/mol. The molecule has 2 saturated heterocycles. The molecular formula is C15H19N3O8. The minimum Gasteiger partial charge on any atom is -0.460 e. The van der Waals surface area contributed by atoms with Crippen molar-refractivity contribution in [3.8, 4) is 18.0 Å². The molecule has 0 saturated carbocycles. The summed E-state index contributed by atoms with van der Waals surface area (Å²) in [5.74, 6) is -0.639. The predicted molar refractivity (Wildman–Crippen MR) is 83.0 cm³/mol. The Hall–Kier alpha value is -2.50. The van der Waals surface area contributed by atoms with Crippen LogP contribution in [-0.2, 0) is 19.0 Å². The number of rotatable bonds is 12. The first-order valence-corrected chi connectivity index (χ1v) is 7.97. The van der Waals surface area contributed by atoms with E-state index in [9.17, 15) is 9.90 Å². The molecule has 3 atom stereocenters. The molecule has 11 nitrogen and oxygen atoms in total. The smallest absolute Gasteiger partial charge is 0.330 e. The Morgan fingerprint density at radius 3 is 2.04 bits per heavy atom. The summed E-state index contributed by atoms with van der Waals surface area (Å²) >= 11 is 0. The van der Waals surface area contributed by atoms with Gasteiger partial charge in [-0.05, 0) is 0 Å². The average molecular weight is 369 g/mol. The number of aliphatic hydroxyl groups excluding tert-OH is 1. The summed E-state index contributed by atoms with van der Waals surface area (Å²) in [4.78, 5) is 23.0. The van der Waals surface area contributed by atoms with E-state index in [4.69, 9.17) is 28.4 Å². The molecule has 0 radical (unpaired) electrons. The van der Waals surface area contributed by atoms with Crippen LogP contribution in [0.5, 0.6) is 18.0 Å². The molecule has 2 aliphatic heterocycles. The number of epoxide rings is 2. The zero-order valence-corrected chi connectivity index (χ0v) is 13.9. The lowest BCUT2D eigenvalue weighted by Crippen LogP contribution is -2.25. The highest BCUT2D eigenvalue weighted by Crippen LogP contribution is 2.18. The fourth-order valence-corrected chi connectivity index (χ4v) is 1.63. The van der Waals surface area contributed by atoms with Crippen LogP contribution in [-0.4, -0.2) is 84.0 Å². The van der Waals surface area contributed by atoms with Gasteiger partial charge in [0.25, 0.3) is 0 Å². The van der Waals surface area contributed by atoms with Crippen LogP contribution in [0.2, 0.25) is 0 Å². The number of esters is 1. The van der Waals surface area contributed by atoms with E-state index >= 15 is 0 Å². The lowest BCUT2D eigenvalue weighted by molar-refractivity contribution is -0.141. The average Bonchev–Trinajstić information content (AvgIpc) is 3.55. The number of ether oxygens (including phenoxy) is 6. The van der Waals surface area contributed by atoms with Gasteiger partial charge in [0.05, 0.1) is 13.2 Å². The molecule has 1 aromatic heterocycles. The van der Waals surface area contributed by atoms with Crippen molar-refractivity contribution >= 4 is 5.97 Å². The Kier molecular flexibility index (Phi) is 6.15. The third-order valence-electron chi connectivity index (χ3n) is 3.16. The van der Waals surface area contributed by atoms with Gasteiger partial charge in [0, 0.05) is 6.08 Å². The Balaban J connectivity index is 1.53. The molecule has 3 rings (SSSR count). The molecule has 3 heterocycles. The Morgan fingerprint density at radius 2 is 1.58 bits per heavy atom. The van der Waals surface area contributed by atoms with Crippen LogP contribution in [0.15, 0.2) is 12.7 Å². The third kappa shape index (κ3) is 6.43. The second-order valence-electron chi connectivity index (χ2n) is 5.51. The second kappa shape index (κ2) is 8.74. The summed E-state index contributed by atoms with van der Waals surface area (Å²) in [6.45, 7) is 4.67. The Labute approximate surface area is 148 Å². The molecule has 2 aliphatic rings. The van der Waals surface area contributed by atoms with E-state index in [2.05, 4.69) is 21.5 Å². The quantitative estimate of drug-likeness (QED) is 0.273.